The molecule has 0 radical (unpaired) electrons. The minimum Gasteiger partial charge on any atom is -0.428 e. The maximum atomic E-state index is 15.3. The van der Waals surface area contributed by atoms with Crippen molar-refractivity contribution in [1.29, 1.82) is 0 Å². The number of nitrogens with one attached hydrogen (secondary N) is 2. The van der Waals surface area contributed by atoms with Crippen LogP contribution in [0.3, 0.4) is 0 Å². The van der Waals surface area contributed by atoms with Gasteiger partial charge in [0.2, 0.25) is 0 Å². The Kier molecular flexibility index (Phi) is 7.04. The standard InChI is InChI=1S/C28H32FN7O4S/c1-15(2)28-34-25(18-6-9-22(21(29)10-18)35-41(37,38)24-12-31-16(3)40-24)26-27(30)32-11-23(36(26)28)17-4-7-19(8-5-17)33-20-13-39-14-20/h4,6,9-12,15,19-20,33,35H,5,7-8,13-14H2,1-3H3,(H2,30,32)/t19-/m0/s1. The first-order valence-electron chi connectivity index (χ1n) is 13.6. The number of oxazole rings is 1. The van der Waals surface area contributed by atoms with Gasteiger partial charge in [0.15, 0.2) is 5.89 Å². The van der Waals surface area contributed by atoms with Gasteiger partial charge in [-0.3, -0.25) is 9.12 Å². The van der Waals surface area contributed by atoms with E-state index in [2.05, 4.69) is 26.1 Å². The first-order valence-corrected chi connectivity index (χ1v) is 15.0. The number of halogens is 1. The number of rotatable bonds is 8. The van der Waals surface area contributed by atoms with Gasteiger partial charge in [-0.15, -0.1) is 0 Å². The Hall–Kier alpha value is -3.81. The number of allylic oxidation sites excluding steroid dienone is 1. The molecule has 6 rings (SSSR count). The van der Waals surface area contributed by atoms with Crippen LogP contribution >= 0.6 is 0 Å². The summed E-state index contributed by atoms with van der Waals surface area (Å²) < 4.78 is 55.2. The molecule has 0 bridgehead atoms. The Labute approximate surface area is 237 Å². The van der Waals surface area contributed by atoms with E-state index in [0.29, 0.717) is 28.9 Å². The summed E-state index contributed by atoms with van der Waals surface area (Å²) in [4.78, 5) is 13.2. The van der Waals surface area contributed by atoms with Gasteiger partial charge in [0.25, 0.3) is 15.1 Å². The SMILES string of the molecule is Cc1ncc(S(=O)(=O)Nc2ccc(-c3nc(C(C)C)n4c(C5=CC[C@H](NC6COC6)CC5)cnc(N)c34)cc2F)o1. The Morgan fingerprint density at radius 2 is 1.98 bits per heavy atom. The fourth-order valence-corrected chi connectivity index (χ4v) is 6.25. The predicted octanol–water partition coefficient (Wildman–Crippen LogP) is 4.26. The Balaban J connectivity index is 1.36. The number of nitrogen functional groups attached to an aromatic ring is 1. The van der Waals surface area contributed by atoms with Crippen LogP contribution in [0.1, 0.15) is 56.4 Å². The molecule has 4 aromatic rings. The molecule has 1 saturated heterocycles. The molecule has 0 amide bonds. The molecular formula is C28H32FN7O4S. The number of fused-ring (bicyclic) bond motifs is 1. The first kappa shape index (κ1) is 27.4. The van der Waals surface area contributed by atoms with Crippen molar-refractivity contribution in [3.05, 3.63) is 59.9 Å². The Morgan fingerprint density at radius 1 is 1.17 bits per heavy atom. The molecule has 3 aromatic heterocycles. The Morgan fingerprint density at radius 3 is 2.59 bits per heavy atom. The molecule has 1 fully saturated rings. The number of nitrogens with two attached hydrogens (primary N) is 1. The first-order chi connectivity index (χ1) is 19.6. The monoisotopic (exact) mass is 581 g/mol. The van der Waals surface area contributed by atoms with Gasteiger partial charge < -0.3 is 20.2 Å². The highest BCUT2D eigenvalue weighted by Crippen LogP contribution is 2.36. The average molecular weight is 582 g/mol. The molecule has 11 nitrogen and oxygen atoms in total. The van der Waals surface area contributed by atoms with Crippen LogP contribution in [0.25, 0.3) is 22.3 Å². The van der Waals surface area contributed by atoms with Crippen molar-refractivity contribution in [2.75, 3.05) is 23.7 Å². The lowest BCUT2D eigenvalue weighted by Crippen LogP contribution is -2.50. The van der Waals surface area contributed by atoms with E-state index in [-0.39, 0.29) is 23.3 Å². The third-order valence-electron chi connectivity index (χ3n) is 7.43. The van der Waals surface area contributed by atoms with E-state index < -0.39 is 20.9 Å². The fraction of sp³-hybridized carbons (Fsp3) is 0.393. The van der Waals surface area contributed by atoms with Crippen LogP contribution in [0.15, 0.2) is 46.2 Å². The van der Waals surface area contributed by atoms with Crippen LogP contribution in [0.4, 0.5) is 15.9 Å². The van der Waals surface area contributed by atoms with E-state index in [0.717, 1.165) is 55.8 Å². The summed E-state index contributed by atoms with van der Waals surface area (Å²) in [7, 11) is -4.15. The summed E-state index contributed by atoms with van der Waals surface area (Å²) in [5.74, 6) is 0.495. The smallest absolute Gasteiger partial charge is 0.297 e. The molecule has 216 valence electrons. The maximum Gasteiger partial charge on any atom is 0.297 e. The van der Waals surface area contributed by atoms with Crippen molar-refractivity contribution < 1.29 is 22.0 Å². The zero-order valence-electron chi connectivity index (χ0n) is 23.0. The highest BCUT2D eigenvalue weighted by Gasteiger charge is 2.27. The van der Waals surface area contributed by atoms with Crippen LogP contribution < -0.4 is 15.8 Å². The molecular weight excluding hydrogens is 549 g/mol. The molecule has 1 aromatic carbocycles. The second kappa shape index (κ2) is 10.5. The van der Waals surface area contributed by atoms with Crippen molar-refractivity contribution >= 4 is 32.6 Å². The second-order valence-corrected chi connectivity index (χ2v) is 12.4. The number of sulfonamides is 1. The number of anilines is 2. The van der Waals surface area contributed by atoms with E-state index in [1.807, 2.05) is 18.2 Å². The molecule has 0 spiro atoms. The number of ether oxygens (including phenoxy) is 1. The zero-order valence-corrected chi connectivity index (χ0v) is 23.8. The summed E-state index contributed by atoms with van der Waals surface area (Å²) in [6.07, 6.45) is 7.85. The van der Waals surface area contributed by atoms with Crippen molar-refractivity contribution in [2.45, 2.75) is 63.1 Å². The van der Waals surface area contributed by atoms with Crippen molar-refractivity contribution in [1.82, 2.24) is 24.7 Å². The van der Waals surface area contributed by atoms with Gasteiger partial charge in [-0.2, -0.15) is 8.42 Å². The molecule has 2 aliphatic rings. The normalized spacial score (nSPS) is 18.1. The second-order valence-electron chi connectivity index (χ2n) is 10.8. The topological polar surface area (TPSA) is 150 Å². The molecule has 13 heteroatoms. The molecule has 0 unspecified atom stereocenters. The lowest BCUT2D eigenvalue weighted by molar-refractivity contribution is -0.0103. The Bertz CT molecular complexity index is 1760. The van der Waals surface area contributed by atoms with E-state index >= 15 is 4.39 Å². The quantitative estimate of drug-likeness (QED) is 0.277. The van der Waals surface area contributed by atoms with Crippen molar-refractivity contribution in [3.8, 4) is 11.3 Å². The summed E-state index contributed by atoms with van der Waals surface area (Å²) in [6, 6.07) is 5.02. The number of benzene rings is 1. The zero-order chi connectivity index (χ0) is 28.9. The van der Waals surface area contributed by atoms with Crippen molar-refractivity contribution in [3.63, 3.8) is 0 Å². The molecule has 0 saturated carbocycles. The highest BCUT2D eigenvalue weighted by atomic mass is 32.2. The number of aromatic nitrogens is 4. The largest absolute Gasteiger partial charge is 0.428 e. The van der Waals surface area contributed by atoms with Gasteiger partial charge in [0.1, 0.15) is 28.7 Å². The number of aryl methyl sites for hydroxylation is 1. The average Bonchev–Trinajstić information content (AvgIpc) is 3.54. The van der Waals surface area contributed by atoms with Gasteiger partial charge in [-0.1, -0.05) is 26.0 Å². The minimum absolute atomic E-state index is 0.0373. The van der Waals surface area contributed by atoms with Crippen LogP contribution in [-0.4, -0.2) is 53.1 Å². The number of imidazole rings is 1. The van der Waals surface area contributed by atoms with E-state index in [1.54, 1.807) is 12.3 Å². The van der Waals surface area contributed by atoms with Crippen LogP contribution in [0.2, 0.25) is 0 Å². The minimum atomic E-state index is -4.15. The maximum absolute atomic E-state index is 15.3. The lowest BCUT2D eigenvalue weighted by atomic mass is 9.92. The summed E-state index contributed by atoms with van der Waals surface area (Å²) in [6.45, 7) is 7.13. The predicted molar refractivity (Wildman–Crippen MR) is 152 cm³/mol. The van der Waals surface area contributed by atoms with Crippen molar-refractivity contribution in [2.24, 2.45) is 0 Å². The summed E-state index contributed by atoms with van der Waals surface area (Å²) in [5, 5.41) is 3.25. The molecule has 1 atom stereocenters. The van der Waals surface area contributed by atoms with Gasteiger partial charge in [-0.25, -0.2) is 19.3 Å². The van der Waals surface area contributed by atoms with Crippen LogP contribution in [-0.2, 0) is 14.8 Å². The van der Waals surface area contributed by atoms with Crippen LogP contribution in [0.5, 0.6) is 0 Å². The third-order valence-corrected chi connectivity index (χ3v) is 8.64. The molecule has 1 aliphatic carbocycles. The third kappa shape index (κ3) is 5.20. The lowest BCUT2D eigenvalue weighted by Gasteiger charge is -2.33. The summed E-state index contributed by atoms with van der Waals surface area (Å²) >= 11 is 0. The molecule has 4 N–H and O–H groups in total. The molecule has 4 heterocycles. The highest BCUT2D eigenvalue weighted by molar-refractivity contribution is 7.92. The van der Waals surface area contributed by atoms with Gasteiger partial charge in [0.05, 0.1) is 43.0 Å². The van der Waals surface area contributed by atoms with Gasteiger partial charge in [0, 0.05) is 24.4 Å². The molecule has 41 heavy (non-hydrogen) atoms. The summed E-state index contributed by atoms with van der Waals surface area (Å²) in [5.41, 5.74) is 9.76. The molecule has 1 aliphatic heterocycles. The number of hydrogen-bond donors (Lipinski definition) is 3. The van der Waals surface area contributed by atoms with Crippen LogP contribution in [0, 0.1) is 12.7 Å². The number of nitrogens with zero attached hydrogens (tertiary/aromatic N) is 4. The number of hydrogen-bond acceptors (Lipinski definition) is 9. The van der Waals surface area contributed by atoms with E-state index in [4.69, 9.17) is 19.9 Å². The van der Waals surface area contributed by atoms with Gasteiger partial charge in [-0.05, 0) is 37.0 Å². The fourth-order valence-electron chi connectivity index (χ4n) is 5.27. The van der Waals surface area contributed by atoms with E-state index in [1.165, 1.54) is 19.1 Å². The van der Waals surface area contributed by atoms with E-state index in [9.17, 15) is 8.42 Å². The van der Waals surface area contributed by atoms with Gasteiger partial charge >= 0.3 is 0 Å².